The van der Waals surface area contributed by atoms with Gasteiger partial charge in [0.05, 0.1) is 0 Å². The van der Waals surface area contributed by atoms with Crippen molar-refractivity contribution in [2.45, 2.75) is 19.7 Å². The van der Waals surface area contributed by atoms with E-state index in [1.807, 2.05) is 48.6 Å². The molecule has 0 radical (unpaired) electrons. The van der Waals surface area contributed by atoms with Crippen LogP contribution >= 0.6 is 0 Å². The van der Waals surface area contributed by atoms with Gasteiger partial charge < -0.3 is 14.7 Å². The van der Waals surface area contributed by atoms with Gasteiger partial charge in [-0.15, -0.1) is 41.5 Å². The fraction of sp³-hybridized carbons (Fsp3) is 0.103. The summed E-state index contributed by atoms with van der Waals surface area (Å²) in [5.74, 6) is 0. The van der Waals surface area contributed by atoms with E-state index in [-0.39, 0.29) is 37.4 Å². The van der Waals surface area contributed by atoms with Crippen molar-refractivity contribution in [2.75, 3.05) is 0 Å². The molecule has 4 nitrogen and oxygen atoms in total. The van der Waals surface area contributed by atoms with E-state index in [1.54, 1.807) is 30.5 Å². The van der Waals surface area contributed by atoms with Crippen LogP contribution in [-0.4, -0.2) is 9.97 Å². The van der Waals surface area contributed by atoms with Gasteiger partial charge in [-0.1, -0.05) is 41.8 Å². The van der Waals surface area contributed by atoms with Crippen LogP contribution in [0.3, 0.4) is 0 Å². The fourth-order valence-electron chi connectivity index (χ4n) is 3.55. The quantitative estimate of drug-likeness (QED) is 0.192. The Bertz CT molecular complexity index is 1660. The Morgan fingerprint density at radius 2 is 1.94 bits per heavy atom. The smallest absolute Gasteiger partial charge is 0.683 e. The van der Waals surface area contributed by atoms with Crippen LogP contribution in [0.15, 0.2) is 95.7 Å². The largest absolute Gasteiger partial charge is 3.00 e. The number of furan rings is 1. The molecule has 0 spiro atoms. The van der Waals surface area contributed by atoms with Gasteiger partial charge in [0.2, 0.25) is 5.71 Å². The van der Waals surface area contributed by atoms with Crippen molar-refractivity contribution >= 4 is 22.1 Å². The third-order valence-electron chi connectivity index (χ3n) is 5.11. The molecule has 0 saturated carbocycles. The maximum atomic E-state index is 7.48. The van der Waals surface area contributed by atoms with Gasteiger partial charge >= 0.3 is 20.1 Å². The normalized spacial score (nSPS) is 17.6. The molecule has 5 heteroatoms. The Morgan fingerprint density at radius 1 is 0.971 bits per heavy atom. The third kappa shape index (κ3) is 5.01. The van der Waals surface area contributed by atoms with E-state index in [9.17, 15) is 0 Å². The van der Waals surface area contributed by atoms with Crippen molar-refractivity contribution in [2.24, 2.45) is 0 Å². The second kappa shape index (κ2) is 10.6. The summed E-state index contributed by atoms with van der Waals surface area (Å²) in [7, 11) is 0. The van der Waals surface area contributed by atoms with Crippen LogP contribution in [0.5, 0.6) is 0 Å². The maximum Gasteiger partial charge on any atom is 3.00 e. The topological polar surface area (TPSA) is 53.0 Å². The maximum absolute atomic E-state index is 7.48. The summed E-state index contributed by atoms with van der Waals surface area (Å²) in [5.41, 5.74) is 3.66. The van der Waals surface area contributed by atoms with E-state index in [1.165, 1.54) is 12.3 Å². The first-order chi connectivity index (χ1) is 18.6. The number of hydrogen-bond acceptors (Lipinski definition) is 3. The fourth-order valence-corrected chi connectivity index (χ4v) is 3.55. The molecule has 34 heavy (non-hydrogen) atoms. The number of rotatable bonds is 2. The summed E-state index contributed by atoms with van der Waals surface area (Å²) in [6.07, 6.45) is 8.88. The molecule has 3 aromatic heterocycles. The van der Waals surface area contributed by atoms with Crippen molar-refractivity contribution in [3.8, 4) is 11.3 Å². The molecule has 0 bridgehead atoms. The van der Waals surface area contributed by atoms with Gasteiger partial charge in [-0.05, 0) is 37.1 Å². The Labute approximate surface area is 221 Å². The Morgan fingerprint density at radius 3 is 2.68 bits per heavy atom. The number of aromatic nitrogens is 2. The standard InChI is InChI=1S/C17H12N2O.C12H10N.Ir/c1-11-8-9-13-12-5-4-6-14(15-7-2-3-10-18-15)16(12)20-17(13)19-11;1-10-7-8-12(13-9-10)11-5-3-2-4-6-11;/h2-5,7-10,15H,1H3;2-5,7-9H,1H3;/q-2;-1;+3/i2*1D3;. The Hall–Kier alpha value is -3.53. The van der Waals surface area contributed by atoms with Crippen molar-refractivity contribution in [1.82, 2.24) is 9.97 Å². The van der Waals surface area contributed by atoms with E-state index >= 15 is 0 Å². The zero-order valence-corrected chi connectivity index (χ0v) is 20.2. The molecule has 0 amide bonds. The van der Waals surface area contributed by atoms with E-state index < -0.39 is 13.7 Å². The molecule has 5 aromatic rings. The first kappa shape index (κ1) is 17.0. The summed E-state index contributed by atoms with van der Waals surface area (Å²) in [5, 5.41) is 6.08. The van der Waals surface area contributed by atoms with Gasteiger partial charge in [-0.2, -0.15) is 24.4 Å². The predicted molar refractivity (Wildman–Crippen MR) is 133 cm³/mol. The van der Waals surface area contributed by atoms with Crippen LogP contribution < -0.4 is 0 Å². The SMILES string of the molecule is [2H]C([2H])([2H])c1ccc(-c2[c-]cccc2)nc1.[2H]C([2H])([2H])c1ccc2c(n1)oc1c(C3C=CC=C[N-]3)[c-]ccc12.[Ir+3]. The van der Waals surface area contributed by atoms with Gasteiger partial charge in [0, 0.05) is 31.1 Å². The summed E-state index contributed by atoms with van der Waals surface area (Å²) >= 11 is 0. The second-order valence-corrected chi connectivity index (χ2v) is 7.31. The minimum Gasteiger partial charge on any atom is -0.683 e. The first-order valence-corrected chi connectivity index (χ1v) is 10.3. The van der Waals surface area contributed by atoms with Gasteiger partial charge in [-0.3, -0.25) is 0 Å². The zero-order chi connectivity index (χ0) is 27.6. The third-order valence-corrected chi connectivity index (χ3v) is 5.11. The van der Waals surface area contributed by atoms with Crippen LogP contribution in [0.2, 0.25) is 0 Å². The molecule has 1 atom stereocenters. The summed E-state index contributed by atoms with van der Waals surface area (Å²) in [6.45, 7) is -4.35. The molecule has 4 heterocycles. The van der Waals surface area contributed by atoms with Crippen LogP contribution in [0, 0.1) is 25.8 Å². The van der Waals surface area contributed by atoms with Crippen LogP contribution in [0.4, 0.5) is 0 Å². The number of hydrogen-bond donors (Lipinski definition) is 0. The number of aryl methyl sites for hydroxylation is 2. The van der Waals surface area contributed by atoms with Crippen molar-refractivity contribution < 1.29 is 32.7 Å². The zero-order valence-electron chi connectivity index (χ0n) is 23.8. The number of benzene rings is 2. The number of fused-ring (bicyclic) bond motifs is 3. The van der Waals surface area contributed by atoms with Crippen LogP contribution in [0.25, 0.3) is 38.6 Å². The minimum atomic E-state index is -2.26. The molecular weight excluding hydrogens is 599 g/mol. The predicted octanol–water partition coefficient (Wildman–Crippen LogP) is 7.44. The van der Waals surface area contributed by atoms with Crippen molar-refractivity contribution in [3.63, 3.8) is 0 Å². The van der Waals surface area contributed by atoms with Crippen molar-refractivity contribution in [3.05, 3.63) is 126 Å². The average molecular weight is 627 g/mol. The average Bonchev–Trinajstić information content (AvgIpc) is 3.32. The molecule has 2 aromatic carbocycles. The minimum absolute atomic E-state index is 0. The summed E-state index contributed by atoms with van der Waals surface area (Å²) in [6, 6.07) is 23.8. The molecule has 0 aliphatic carbocycles. The van der Waals surface area contributed by atoms with E-state index in [0.717, 1.165) is 27.6 Å². The molecule has 1 unspecified atom stereocenters. The van der Waals surface area contributed by atoms with Gasteiger partial charge in [-0.25, -0.2) is 4.98 Å². The number of pyridine rings is 2. The number of nitrogens with zero attached hydrogens (tertiary/aromatic N) is 3. The van der Waals surface area contributed by atoms with E-state index in [4.69, 9.17) is 12.6 Å². The van der Waals surface area contributed by atoms with Crippen molar-refractivity contribution in [1.29, 1.82) is 0 Å². The molecule has 168 valence electrons. The van der Waals surface area contributed by atoms with Gasteiger partial charge in [0.1, 0.15) is 0 Å². The Kier molecular flexibility index (Phi) is 5.30. The van der Waals surface area contributed by atoms with E-state index in [0.29, 0.717) is 11.3 Å². The van der Waals surface area contributed by atoms with Gasteiger partial charge in [0.15, 0.2) is 0 Å². The molecule has 0 fully saturated rings. The van der Waals surface area contributed by atoms with Crippen LogP contribution in [-0.2, 0) is 20.1 Å². The molecule has 0 N–H and O–H groups in total. The second-order valence-electron chi connectivity index (χ2n) is 7.31. The Balaban J connectivity index is 0.000000192. The molecule has 1 aliphatic heterocycles. The molecule has 1 aliphatic rings. The van der Waals surface area contributed by atoms with E-state index in [2.05, 4.69) is 27.4 Å². The first-order valence-electron chi connectivity index (χ1n) is 13.3. The number of allylic oxidation sites excluding steroid dienone is 2. The summed E-state index contributed by atoms with van der Waals surface area (Å²) < 4.78 is 50.0. The monoisotopic (exact) mass is 627 g/mol. The van der Waals surface area contributed by atoms with Gasteiger partial charge in [0.25, 0.3) is 0 Å². The molecule has 6 rings (SSSR count). The molecule has 0 saturated heterocycles. The van der Waals surface area contributed by atoms with Crippen LogP contribution in [0.1, 0.15) is 31.1 Å². The summed E-state index contributed by atoms with van der Waals surface area (Å²) in [4.78, 5) is 8.29. The molecular formula is C29H22IrN3O.